The van der Waals surface area contributed by atoms with E-state index < -0.39 is 15.9 Å². The number of sulfonamides is 1. The number of hydrogen-bond acceptors (Lipinski definition) is 4. The van der Waals surface area contributed by atoms with Crippen LogP contribution < -0.4 is 10.0 Å². The van der Waals surface area contributed by atoms with Gasteiger partial charge < -0.3 is 5.32 Å². The van der Waals surface area contributed by atoms with Gasteiger partial charge in [-0.2, -0.15) is 0 Å². The van der Waals surface area contributed by atoms with E-state index in [1.54, 1.807) is 24.3 Å². The van der Waals surface area contributed by atoms with Crippen LogP contribution in [-0.2, 0) is 10.0 Å². The average Bonchev–Trinajstić information content (AvgIpc) is 2.48. The Balaban J connectivity index is 2.27. The summed E-state index contributed by atoms with van der Waals surface area (Å²) in [6.07, 6.45) is 1.50. The fourth-order valence-electron chi connectivity index (χ4n) is 1.60. The van der Waals surface area contributed by atoms with E-state index in [0.29, 0.717) is 10.2 Å². The number of rotatable bonds is 4. The second kappa shape index (κ2) is 6.33. The molecule has 1 amide bonds. The standard InChI is InChI=1S/C13H12BrN3O3S/c1-15-21(19,20)10-5-2-4-9(8-10)17-13(18)12-11(14)6-3-7-16-12/h2-8,15H,1H3,(H,17,18). The van der Waals surface area contributed by atoms with Crippen molar-refractivity contribution in [3.8, 4) is 0 Å². The number of nitrogens with zero attached hydrogens (tertiary/aromatic N) is 1. The van der Waals surface area contributed by atoms with Crippen LogP contribution in [0.15, 0.2) is 52.0 Å². The summed E-state index contributed by atoms with van der Waals surface area (Å²) in [5.74, 6) is -0.429. The van der Waals surface area contributed by atoms with Crippen molar-refractivity contribution in [2.24, 2.45) is 0 Å². The summed E-state index contributed by atoms with van der Waals surface area (Å²) < 4.78 is 26.2. The summed E-state index contributed by atoms with van der Waals surface area (Å²) >= 11 is 3.24. The minimum Gasteiger partial charge on any atom is -0.321 e. The normalized spacial score (nSPS) is 11.1. The Morgan fingerprint density at radius 2 is 2.00 bits per heavy atom. The molecule has 2 rings (SSSR count). The number of halogens is 1. The summed E-state index contributed by atoms with van der Waals surface area (Å²) in [6.45, 7) is 0. The summed E-state index contributed by atoms with van der Waals surface area (Å²) in [5.41, 5.74) is 0.591. The van der Waals surface area contributed by atoms with E-state index in [-0.39, 0.29) is 10.6 Å². The van der Waals surface area contributed by atoms with Gasteiger partial charge in [0.05, 0.1) is 4.90 Å². The molecule has 0 aliphatic carbocycles. The second-order valence-corrected chi connectivity index (χ2v) is 6.76. The molecule has 110 valence electrons. The molecule has 0 saturated heterocycles. The topological polar surface area (TPSA) is 88.2 Å². The van der Waals surface area contributed by atoms with Crippen molar-refractivity contribution in [3.05, 3.63) is 52.8 Å². The second-order valence-electron chi connectivity index (χ2n) is 4.02. The van der Waals surface area contributed by atoms with E-state index >= 15 is 0 Å². The summed E-state index contributed by atoms with van der Waals surface area (Å²) in [4.78, 5) is 16.1. The zero-order valence-corrected chi connectivity index (χ0v) is 13.4. The smallest absolute Gasteiger partial charge is 0.275 e. The van der Waals surface area contributed by atoms with Gasteiger partial charge in [-0.3, -0.25) is 4.79 Å². The zero-order valence-electron chi connectivity index (χ0n) is 11.0. The van der Waals surface area contributed by atoms with Crippen LogP contribution in [0.4, 0.5) is 5.69 Å². The molecule has 0 aliphatic heterocycles. The van der Waals surface area contributed by atoms with Gasteiger partial charge >= 0.3 is 0 Å². The molecule has 2 N–H and O–H groups in total. The van der Waals surface area contributed by atoms with Gasteiger partial charge in [0.25, 0.3) is 5.91 Å². The zero-order chi connectivity index (χ0) is 15.5. The predicted molar refractivity (Wildman–Crippen MR) is 82.6 cm³/mol. The van der Waals surface area contributed by atoms with E-state index in [2.05, 4.69) is 31.0 Å². The Hall–Kier alpha value is -1.77. The van der Waals surface area contributed by atoms with E-state index in [4.69, 9.17) is 0 Å². The monoisotopic (exact) mass is 369 g/mol. The van der Waals surface area contributed by atoms with Gasteiger partial charge in [-0.25, -0.2) is 18.1 Å². The van der Waals surface area contributed by atoms with E-state index in [9.17, 15) is 13.2 Å². The summed E-state index contributed by atoms with van der Waals surface area (Å²) in [6, 6.07) is 9.36. The Kier molecular flexibility index (Phi) is 4.71. The third-order valence-electron chi connectivity index (χ3n) is 2.64. The third kappa shape index (κ3) is 3.66. The van der Waals surface area contributed by atoms with Crippen LogP contribution in [0.1, 0.15) is 10.5 Å². The Labute approximate surface area is 130 Å². The third-order valence-corrected chi connectivity index (χ3v) is 4.70. The van der Waals surface area contributed by atoms with Crippen molar-refractivity contribution in [2.75, 3.05) is 12.4 Å². The molecule has 8 heteroatoms. The number of amides is 1. The highest BCUT2D eigenvalue weighted by atomic mass is 79.9. The maximum absolute atomic E-state index is 12.1. The molecule has 0 aliphatic rings. The van der Waals surface area contributed by atoms with Gasteiger partial charge in [0, 0.05) is 16.4 Å². The molecular formula is C13H12BrN3O3S. The molecule has 1 aromatic carbocycles. The Morgan fingerprint density at radius 1 is 1.24 bits per heavy atom. The highest BCUT2D eigenvalue weighted by molar-refractivity contribution is 9.10. The molecule has 0 atom stereocenters. The van der Waals surface area contributed by atoms with Crippen LogP contribution in [0.2, 0.25) is 0 Å². The van der Waals surface area contributed by atoms with E-state index in [0.717, 1.165) is 0 Å². The molecule has 0 bridgehead atoms. The van der Waals surface area contributed by atoms with Crippen molar-refractivity contribution in [2.45, 2.75) is 4.90 Å². The van der Waals surface area contributed by atoms with Crippen molar-refractivity contribution < 1.29 is 13.2 Å². The van der Waals surface area contributed by atoms with Crippen LogP contribution in [-0.4, -0.2) is 26.4 Å². The summed E-state index contributed by atoms with van der Waals surface area (Å²) in [5, 5.41) is 2.61. The van der Waals surface area contributed by atoms with Crippen LogP contribution in [0.25, 0.3) is 0 Å². The molecule has 0 unspecified atom stereocenters. The van der Waals surface area contributed by atoms with Gasteiger partial charge in [-0.05, 0) is 53.3 Å². The van der Waals surface area contributed by atoms with Crippen molar-refractivity contribution in [1.29, 1.82) is 0 Å². The first-order valence-electron chi connectivity index (χ1n) is 5.89. The Morgan fingerprint density at radius 3 is 2.67 bits per heavy atom. The molecule has 21 heavy (non-hydrogen) atoms. The lowest BCUT2D eigenvalue weighted by atomic mass is 10.3. The maximum atomic E-state index is 12.1. The first-order chi connectivity index (χ1) is 9.94. The largest absolute Gasteiger partial charge is 0.321 e. The molecule has 0 spiro atoms. The molecule has 6 nitrogen and oxygen atoms in total. The fraction of sp³-hybridized carbons (Fsp3) is 0.0769. The SMILES string of the molecule is CNS(=O)(=O)c1cccc(NC(=O)c2ncccc2Br)c1. The molecule has 2 aromatic rings. The molecule has 0 radical (unpaired) electrons. The highest BCUT2D eigenvalue weighted by Gasteiger charge is 2.14. The predicted octanol–water partition coefficient (Wildman–Crippen LogP) is 2.00. The fourth-order valence-corrected chi connectivity index (χ4v) is 2.81. The number of nitrogens with one attached hydrogen (secondary N) is 2. The first-order valence-corrected chi connectivity index (χ1v) is 8.17. The number of pyridine rings is 1. The lowest BCUT2D eigenvalue weighted by molar-refractivity contribution is 0.102. The number of benzene rings is 1. The van der Waals surface area contributed by atoms with Crippen LogP contribution >= 0.6 is 15.9 Å². The minimum absolute atomic E-state index is 0.0721. The molecule has 0 saturated carbocycles. The number of hydrogen-bond donors (Lipinski definition) is 2. The number of carbonyl (C=O) groups is 1. The van der Waals surface area contributed by atoms with Crippen molar-refractivity contribution in [3.63, 3.8) is 0 Å². The summed E-state index contributed by atoms with van der Waals surface area (Å²) in [7, 11) is -2.23. The highest BCUT2D eigenvalue weighted by Crippen LogP contribution is 2.18. The van der Waals surface area contributed by atoms with Crippen molar-refractivity contribution >= 4 is 37.5 Å². The van der Waals surface area contributed by atoms with Gasteiger partial charge in [0.2, 0.25) is 10.0 Å². The van der Waals surface area contributed by atoms with Crippen LogP contribution in [0.3, 0.4) is 0 Å². The molecular weight excluding hydrogens is 358 g/mol. The van der Waals surface area contributed by atoms with Gasteiger partial charge in [0.1, 0.15) is 5.69 Å². The number of aromatic nitrogens is 1. The van der Waals surface area contributed by atoms with Crippen LogP contribution in [0.5, 0.6) is 0 Å². The number of anilines is 1. The quantitative estimate of drug-likeness (QED) is 0.862. The maximum Gasteiger partial charge on any atom is 0.275 e. The molecule has 1 heterocycles. The molecule has 1 aromatic heterocycles. The van der Waals surface area contributed by atoms with E-state index in [1.165, 1.54) is 25.4 Å². The average molecular weight is 370 g/mol. The molecule has 0 fully saturated rings. The van der Waals surface area contributed by atoms with Crippen LogP contribution in [0, 0.1) is 0 Å². The van der Waals surface area contributed by atoms with Gasteiger partial charge in [-0.15, -0.1) is 0 Å². The van der Waals surface area contributed by atoms with Crippen molar-refractivity contribution in [1.82, 2.24) is 9.71 Å². The first kappa shape index (κ1) is 15.6. The lowest BCUT2D eigenvalue weighted by Gasteiger charge is -2.08. The van der Waals surface area contributed by atoms with Gasteiger partial charge in [0.15, 0.2) is 0 Å². The minimum atomic E-state index is -3.56. The Bertz CT molecular complexity index is 778. The van der Waals surface area contributed by atoms with E-state index in [1.807, 2.05) is 0 Å². The lowest BCUT2D eigenvalue weighted by Crippen LogP contribution is -2.19. The number of carbonyl (C=O) groups excluding carboxylic acids is 1. The van der Waals surface area contributed by atoms with Gasteiger partial charge in [-0.1, -0.05) is 6.07 Å².